The van der Waals surface area contributed by atoms with Gasteiger partial charge in [-0.1, -0.05) is 73.4 Å². The lowest BCUT2D eigenvalue weighted by atomic mass is 10.1. The molecule has 0 bridgehead atoms. The van der Waals surface area contributed by atoms with Gasteiger partial charge in [0.05, 0.1) is 34.5 Å². The number of nitrogens with zero attached hydrogens (tertiary/aromatic N) is 5. The zero-order valence-electron chi connectivity index (χ0n) is 22.2. The van der Waals surface area contributed by atoms with Crippen molar-refractivity contribution in [1.82, 2.24) is 9.97 Å². The SMILES string of the molecule is C=N/N=C(\OCCc1ccc(Cl)c(Oc2cc(Cl)cc(C#N)c2)c1F)c1cnc(-c2ccccc2)nc1C.CC. The van der Waals surface area contributed by atoms with E-state index in [-0.39, 0.29) is 46.0 Å². The van der Waals surface area contributed by atoms with Crippen LogP contribution in [0.25, 0.3) is 11.4 Å². The number of ether oxygens (including phenoxy) is 2. The number of hydrogen-bond donors (Lipinski definition) is 0. The number of aromatic nitrogens is 2. The van der Waals surface area contributed by atoms with Crippen molar-refractivity contribution >= 4 is 35.8 Å². The minimum absolute atomic E-state index is 0.0575. The van der Waals surface area contributed by atoms with Gasteiger partial charge < -0.3 is 9.47 Å². The van der Waals surface area contributed by atoms with Gasteiger partial charge in [0.25, 0.3) is 0 Å². The molecule has 0 amide bonds. The Labute approximate surface area is 242 Å². The lowest BCUT2D eigenvalue weighted by Crippen LogP contribution is -2.13. The average molecular weight is 578 g/mol. The van der Waals surface area contributed by atoms with E-state index in [1.165, 1.54) is 30.3 Å². The normalized spacial score (nSPS) is 10.7. The summed E-state index contributed by atoms with van der Waals surface area (Å²) >= 11 is 12.2. The molecule has 0 aliphatic rings. The molecule has 0 saturated heterocycles. The van der Waals surface area contributed by atoms with Crippen LogP contribution in [0.3, 0.4) is 0 Å². The monoisotopic (exact) mass is 577 g/mol. The maximum atomic E-state index is 15.3. The quantitative estimate of drug-likeness (QED) is 0.119. The second kappa shape index (κ2) is 14.7. The van der Waals surface area contributed by atoms with Gasteiger partial charge >= 0.3 is 0 Å². The smallest absolute Gasteiger partial charge is 0.244 e. The Balaban J connectivity index is 0.00000216. The second-order valence-corrected chi connectivity index (χ2v) is 8.79. The molecule has 0 N–H and O–H groups in total. The molecule has 0 saturated carbocycles. The van der Waals surface area contributed by atoms with Crippen molar-refractivity contribution in [3.05, 3.63) is 105 Å². The fourth-order valence-electron chi connectivity index (χ4n) is 3.55. The number of aryl methyl sites for hydroxylation is 1. The summed E-state index contributed by atoms with van der Waals surface area (Å²) in [5.74, 6) is 0.0644. The van der Waals surface area contributed by atoms with Crippen LogP contribution in [0.1, 0.15) is 36.2 Å². The van der Waals surface area contributed by atoms with E-state index >= 15 is 4.39 Å². The number of nitriles is 1. The minimum atomic E-state index is -0.661. The molecule has 0 unspecified atom stereocenters. The molecule has 7 nitrogen and oxygen atoms in total. The van der Waals surface area contributed by atoms with Gasteiger partial charge in [0.15, 0.2) is 17.4 Å². The summed E-state index contributed by atoms with van der Waals surface area (Å²) in [6.07, 6.45) is 1.76. The van der Waals surface area contributed by atoms with Crippen molar-refractivity contribution in [2.24, 2.45) is 10.2 Å². The number of benzene rings is 3. The molecule has 3 aromatic carbocycles. The third-order valence-corrected chi connectivity index (χ3v) is 5.88. The van der Waals surface area contributed by atoms with E-state index in [0.717, 1.165) is 5.56 Å². The van der Waals surface area contributed by atoms with E-state index in [9.17, 15) is 0 Å². The van der Waals surface area contributed by atoms with Crippen molar-refractivity contribution in [3.63, 3.8) is 0 Å². The molecule has 204 valence electrons. The topological polar surface area (TPSA) is 92.8 Å². The van der Waals surface area contributed by atoms with Crippen LogP contribution in [-0.4, -0.2) is 29.2 Å². The van der Waals surface area contributed by atoms with Crippen molar-refractivity contribution in [1.29, 1.82) is 5.26 Å². The minimum Gasteiger partial charge on any atom is -0.476 e. The average Bonchev–Trinajstić information content (AvgIpc) is 2.97. The summed E-state index contributed by atoms with van der Waals surface area (Å²) in [5.41, 5.74) is 2.61. The first-order chi connectivity index (χ1) is 19.4. The lowest BCUT2D eigenvalue weighted by Gasteiger charge is -2.14. The van der Waals surface area contributed by atoms with Crippen LogP contribution in [0, 0.1) is 24.1 Å². The highest BCUT2D eigenvalue weighted by Crippen LogP contribution is 2.35. The van der Waals surface area contributed by atoms with Crippen LogP contribution in [0.5, 0.6) is 11.5 Å². The molecule has 0 aliphatic carbocycles. The van der Waals surface area contributed by atoms with Crippen LogP contribution in [0.4, 0.5) is 4.39 Å². The summed E-state index contributed by atoms with van der Waals surface area (Å²) in [7, 11) is 0. The summed E-state index contributed by atoms with van der Waals surface area (Å²) < 4.78 is 26.8. The summed E-state index contributed by atoms with van der Waals surface area (Å²) in [6.45, 7) is 9.27. The zero-order chi connectivity index (χ0) is 29.1. The molecule has 0 fully saturated rings. The molecule has 4 aromatic rings. The number of halogens is 3. The molecule has 0 aliphatic heterocycles. The third kappa shape index (κ3) is 7.63. The van der Waals surface area contributed by atoms with Gasteiger partial charge in [0.1, 0.15) is 5.75 Å². The fraction of sp³-hybridized carbons (Fsp3) is 0.167. The molecular formula is C30H26Cl2FN5O2. The molecule has 0 atom stereocenters. The molecular weight excluding hydrogens is 552 g/mol. The molecule has 1 aromatic heterocycles. The predicted molar refractivity (Wildman–Crippen MR) is 157 cm³/mol. The number of rotatable bonds is 8. The Morgan fingerprint density at radius 1 is 1.10 bits per heavy atom. The van der Waals surface area contributed by atoms with E-state index in [1.54, 1.807) is 6.20 Å². The molecule has 0 radical (unpaired) electrons. The first-order valence-electron chi connectivity index (χ1n) is 12.3. The molecule has 4 rings (SSSR count). The third-order valence-electron chi connectivity index (χ3n) is 5.36. The van der Waals surface area contributed by atoms with E-state index < -0.39 is 5.82 Å². The highest BCUT2D eigenvalue weighted by Gasteiger charge is 2.17. The Hall–Kier alpha value is -4.32. The van der Waals surface area contributed by atoms with Gasteiger partial charge in [0.2, 0.25) is 5.90 Å². The molecule has 40 heavy (non-hydrogen) atoms. The van der Waals surface area contributed by atoms with E-state index in [1.807, 2.05) is 57.2 Å². The summed E-state index contributed by atoms with van der Waals surface area (Å²) in [4.78, 5) is 8.97. The highest BCUT2D eigenvalue weighted by molar-refractivity contribution is 6.32. The van der Waals surface area contributed by atoms with Crippen molar-refractivity contribution in [2.45, 2.75) is 27.2 Å². The molecule has 10 heteroatoms. The van der Waals surface area contributed by atoms with Crippen molar-refractivity contribution < 1.29 is 13.9 Å². The molecule has 1 heterocycles. The van der Waals surface area contributed by atoms with Gasteiger partial charge in [0, 0.05) is 29.9 Å². The molecule has 0 spiro atoms. The van der Waals surface area contributed by atoms with Crippen molar-refractivity contribution in [3.8, 4) is 29.0 Å². The van der Waals surface area contributed by atoms with Crippen LogP contribution in [0.2, 0.25) is 10.0 Å². The van der Waals surface area contributed by atoms with E-state index in [0.29, 0.717) is 22.6 Å². The highest BCUT2D eigenvalue weighted by atomic mass is 35.5. The maximum Gasteiger partial charge on any atom is 0.244 e. The lowest BCUT2D eigenvalue weighted by molar-refractivity contribution is 0.306. The summed E-state index contributed by atoms with van der Waals surface area (Å²) in [5, 5.41) is 17.0. The fourth-order valence-corrected chi connectivity index (χ4v) is 3.96. The largest absolute Gasteiger partial charge is 0.476 e. The Kier molecular flexibility index (Phi) is 11.1. The Morgan fingerprint density at radius 3 is 2.52 bits per heavy atom. The van der Waals surface area contributed by atoms with E-state index in [2.05, 4.69) is 26.9 Å². The van der Waals surface area contributed by atoms with Crippen LogP contribution >= 0.6 is 23.2 Å². The Morgan fingerprint density at radius 2 is 1.85 bits per heavy atom. The van der Waals surface area contributed by atoms with Gasteiger partial charge in [-0.2, -0.15) is 10.4 Å². The van der Waals surface area contributed by atoms with Gasteiger partial charge in [-0.05, 0) is 36.8 Å². The zero-order valence-corrected chi connectivity index (χ0v) is 23.7. The standard InChI is InChI=1S/C28H20Cl2FN5O2.C2H6/c1-17-23(16-34-27(35-17)20-6-4-3-5-7-20)28(36-33-2)37-11-10-19-8-9-24(30)26(25(19)31)38-22-13-18(15-32)12-21(29)14-22;1-2/h3-9,12-14,16H,2,10-11H2,1H3;1-2H3/b36-28-;. The predicted octanol–water partition coefficient (Wildman–Crippen LogP) is 8.21. The first-order valence-corrected chi connectivity index (χ1v) is 13.1. The van der Waals surface area contributed by atoms with Gasteiger partial charge in [-0.25, -0.2) is 14.4 Å². The number of hydrogen-bond acceptors (Lipinski definition) is 7. The van der Waals surface area contributed by atoms with Crippen LogP contribution in [-0.2, 0) is 11.2 Å². The Bertz CT molecular complexity index is 1560. The first kappa shape index (κ1) is 30.2. The second-order valence-electron chi connectivity index (χ2n) is 7.94. The van der Waals surface area contributed by atoms with Gasteiger partial charge in [-0.15, -0.1) is 5.10 Å². The summed E-state index contributed by atoms with van der Waals surface area (Å²) in [6, 6.07) is 19.0. The van der Waals surface area contributed by atoms with Crippen LogP contribution < -0.4 is 4.74 Å². The maximum absolute atomic E-state index is 15.3. The van der Waals surface area contributed by atoms with Crippen molar-refractivity contribution in [2.75, 3.05) is 6.61 Å². The van der Waals surface area contributed by atoms with E-state index in [4.69, 9.17) is 37.9 Å². The van der Waals surface area contributed by atoms with Gasteiger partial charge in [-0.3, -0.25) is 0 Å². The van der Waals surface area contributed by atoms with Crippen LogP contribution in [0.15, 0.2) is 77.1 Å².